The number of thioether (sulfide) groups is 1. The van der Waals surface area contributed by atoms with Crippen LogP contribution >= 0.6 is 23.4 Å². The average Bonchev–Trinajstić information content (AvgIpc) is 2.10. The zero-order valence-electron chi connectivity index (χ0n) is 7.72. The van der Waals surface area contributed by atoms with Crippen molar-refractivity contribution < 1.29 is 4.39 Å². The fourth-order valence-electron chi connectivity index (χ4n) is 1.67. The van der Waals surface area contributed by atoms with Crippen molar-refractivity contribution in [2.75, 3.05) is 18.1 Å². The van der Waals surface area contributed by atoms with Crippen molar-refractivity contribution in [3.8, 4) is 0 Å². The van der Waals surface area contributed by atoms with Crippen LogP contribution in [-0.2, 0) is 0 Å². The molecular formula is C9H17ClFNS. The highest BCUT2D eigenvalue weighted by Crippen LogP contribution is 2.33. The minimum Gasteiger partial charge on any atom is -0.330 e. The highest BCUT2D eigenvalue weighted by molar-refractivity contribution is 7.99. The van der Waals surface area contributed by atoms with Gasteiger partial charge in [0.1, 0.15) is 6.17 Å². The number of halogens is 2. The van der Waals surface area contributed by atoms with E-state index >= 15 is 0 Å². The summed E-state index contributed by atoms with van der Waals surface area (Å²) in [5.74, 6) is 1.78. The number of hydrogen-bond donors (Lipinski definition) is 1. The largest absolute Gasteiger partial charge is 0.330 e. The van der Waals surface area contributed by atoms with Crippen LogP contribution in [0, 0.1) is 5.92 Å². The maximum absolute atomic E-state index is 13.4. The Kier molecular flexibility index (Phi) is 5.44. The van der Waals surface area contributed by atoms with Crippen LogP contribution in [0.15, 0.2) is 0 Å². The van der Waals surface area contributed by atoms with Gasteiger partial charge >= 0.3 is 0 Å². The second kappa shape index (κ2) is 6.10. The Hall–Kier alpha value is 0.530. The van der Waals surface area contributed by atoms with Crippen molar-refractivity contribution in [1.82, 2.24) is 0 Å². The molecule has 1 rings (SSSR count). The van der Waals surface area contributed by atoms with Crippen LogP contribution in [-0.4, -0.2) is 29.6 Å². The third kappa shape index (κ3) is 3.64. The summed E-state index contributed by atoms with van der Waals surface area (Å²) in [5, 5.41) is 0.0361. The molecule has 1 aliphatic carbocycles. The normalized spacial score (nSPS) is 34.8. The lowest BCUT2D eigenvalue weighted by Crippen LogP contribution is -2.32. The fraction of sp³-hybridized carbons (Fsp3) is 1.00. The van der Waals surface area contributed by atoms with Crippen molar-refractivity contribution in [1.29, 1.82) is 0 Å². The van der Waals surface area contributed by atoms with Crippen LogP contribution in [0.2, 0.25) is 0 Å². The molecule has 1 saturated carbocycles. The molecule has 1 nitrogen and oxygen atoms in total. The van der Waals surface area contributed by atoms with Gasteiger partial charge in [-0.3, -0.25) is 0 Å². The standard InChI is InChI=1S/C9H17ClFNS/c10-8-2-1-3-9(11)7(8)6-13-5-4-12/h7-9H,1-6,12H2. The maximum Gasteiger partial charge on any atom is 0.105 e. The summed E-state index contributed by atoms with van der Waals surface area (Å²) in [7, 11) is 0. The van der Waals surface area contributed by atoms with Gasteiger partial charge < -0.3 is 5.73 Å². The second-order valence-electron chi connectivity index (χ2n) is 3.49. The third-order valence-corrected chi connectivity index (χ3v) is 4.15. The van der Waals surface area contributed by atoms with Crippen molar-refractivity contribution in [2.45, 2.75) is 30.8 Å². The van der Waals surface area contributed by atoms with Crippen LogP contribution in [0.5, 0.6) is 0 Å². The van der Waals surface area contributed by atoms with E-state index in [0.29, 0.717) is 13.0 Å². The monoisotopic (exact) mass is 225 g/mol. The van der Waals surface area contributed by atoms with E-state index in [4.69, 9.17) is 17.3 Å². The van der Waals surface area contributed by atoms with Gasteiger partial charge in [-0.1, -0.05) is 0 Å². The Bertz CT molecular complexity index is 138. The zero-order chi connectivity index (χ0) is 9.68. The Labute approximate surface area is 88.6 Å². The summed E-state index contributed by atoms with van der Waals surface area (Å²) in [6.45, 7) is 0.668. The SMILES string of the molecule is NCCSCC1C(F)CCCC1Cl. The predicted molar refractivity (Wildman–Crippen MR) is 58.3 cm³/mol. The maximum atomic E-state index is 13.4. The van der Waals surface area contributed by atoms with Gasteiger partial charge in [0, 0.05) is 29.3 Å². The molecule has 0 aromatic carbocycles. The van der Waals surface area contributed by atoms with Gasteiger partial charge in [-0.05, 0) is 19.3 Å². The van der Waals surface area contributed by atoms with Crippen LogP contribution in [0.25, 0.3) is 0 Å². The quantitative estimate of drug-likeness (QED) is 0.588. The fourth-order valence-corrected chi connectivity index (χ4v) is 3.23. The first-order valence-corrected chi connectivity index (χ1v) is 6.40. The molecule has 0 aliphatic heterocycles. The molecule has 0 heterocycles. The first-order valence-electron chi connectivity index (χ1n) is 4.81. The van der Waals surface area contributed by atoms with E-state index in [1.807, 2.05) is 0 Å². The van der Waals surface area contributed by atoms with Gasteiger partial charge in [0.2, 0.25) is 0 Å². The topological polar surface area (TPSA) is 26.0 Å². The van der Waals surface area contributed by atoms with Crippen molar-refractivity contribution in [2.24, 2.45) is 11.7 Å². The van der Waals surface area contributed by atoms with E-state index in [0.717, 1.165) is 24.3 Å². The Morgan fingerprint density at radius 2 is 2.23 bits per heavy atom. The summed E-state index contributed by atoms with van der Waals surface area (Å²) >= 11 is 7.79. The zero-order valence-corrected chi connectivity index (χ0v) is 9.29. The van der Waals surface area contributed by atoms with E-state index in [2.05, 4.69) is 0 Å². The van der Waals surface area contributed by atoms with Crippen molar-refractivity contribution in [3.05, 3.63) is 0 Å². The van der Waals surface area contributed by atoms with Crippen LogP contribution in [0.4, 0.5) is 4.39 Å². The van der Waals surface area contributed by atoms with Crippen molar-refractivity contribution in [3.63, 3.8) is 0 Å². The molecule has 0 bridgehead atoms. The van der Waals surface area contributed by atoms with Gasteiger partial charge in [0.05, 0.1) is 0 Å². The number of rotatable bonds is 4. The molecule has 3 unspecified atom stereocenters. The lowest BCUT2D eigenvalue weighted by Gasteiger charge is -2.30. The molecular weight excluding hydrogens is 209 g/mol. The molecule has 3 atom stereocenters. The van der Waals surface area contributed by atoms with E-state index < -0.39 is 6.17 Å². The molecule has 0 amide bonds. The number of alkyl halides is 2. The minimum absolute atomic E-state index is 0.0361. The van der Waals surface area contributed by atoms with Gasteiger partial charge in [-0.2, -0.15) is 11.8 Å². The summed E-state index contributed by atoms with van der Waals surface area (Å²) < 4.78 is 13.4. The molecule has 0 aromatic heterocycles. The summed E-state index contributed by atoms with van der Waals surface area (Å²) in [6, 6.07) is 0. The van der Waals surface area contributed by atoms with Crippen LogP contribution in [0.3, 0.4) is 0 Å². The smallest absolute Gasteiger partial charge is 0.105 e. The molecule has 0 saturated heterocycles. The number of nitrogens with two attached hydrogens (primary N) is 1. The lowest BCUT2D eigenvalue weighted by molar-refractivity contribution is 0.186. The molecule has 0 spiro atoms. The highest BCUT2D eigenvalue weighted by Gasteiger charge is 2.31. The Balaban J connectivity index is 2.26. The number of hydrogen-bond acceptors (Lipinski definition) is 2. The molecule has 1 aliphatic rings. The molecule has 0 aromatic rings. The summed E-state index contributed by atoms with van der Waals surface area (Å²) in [4.78, 5) is 0. The Morgan fingerprint density at radius 1 is 1.46 bits per heavy atom. The highest BCUT2D eigenvalue weighted by atomic mass is 35.5. The van der Waals surface area contributed by atoms with E-state index in [-0.39, 0.29) is 11.3 Å². The van der Waals surface area contributed by atoms with Crippen LogP contribution < -0.4 is 5.73 Å². The van der Waals surface area contributed by atoms with E-state index in [1.165, 1.54) is 0 Å². The molecule has 0 radical (unpaired) electrons. The summed E-state index contributed by atoms with van der Waals surface area (Å²) in [6.07, 6.45) is 1.90. The first kappa shape index (κ1) is 11.6. The third-order valence-electron chi connectivity index (χ3n) is 2.46. The molecule has 78 valence electrons. The molecule has 2 N–H and O–H groups in total. The van der Waals surface area contributed by atoms with Gasteiger partial charge in [-0.25, -0.2) is 4.39 Å². The van der Waals surface area contributed by atoms with Crippen molar-refractivity contribution >= 4 is 23.4 Å². The van der Waals surface area contributed by atoms with Gasteiger partial charge in [0.15, 0.2) is 0 Å². The van der Waals surface area contributed by atoms with E-state index in [1.54, 1.807) is 11.8 Å². The van der Waals surface area contributed by atoms with Gasteiger partial charge in [-0.15, -0.1) is 11.6 Å². The Morgan fingerprint density at radius 3 is 2.85 bits per heavy atom. The molecule has 13 heavy (non-hydrogen) atoms. The van der Waals surface area contributed by atoms with Crippen LogP contribution in [0.1, 0.15) is 19.3 Å². The molecule has 4 heteroatoms. The summed E-state index contributed by atoms with van der Waals surface area (Å²) in [5.41, 5.74) is 5.37. The lowest BCUT2D eigenvalue weighted by atomic mass is 9.88. The molecule has 1 fully saturated rings. The predicted octanol–water partition coefficient (Wildman–Crippen LogP) is 2.42. The average molecular weight is 226 g/mol. The first-order chi connectivity index (χ1) is 6.25. The minimum atomic E-state index is -0.693. The van der Waals surface area contributed by atoms with Gasteiger partial charge in [0.25, 0.3) is 0 Å². The second-order valence-corrected chi connectivity index (χ2v) is 5.20. The van der Waals surface area contributed by atoms with E-state index in [9.17, 15) is 4.39 Å².